The number of hydrogen-bond donors (Lipinski definition) is 0. The van der Waals surface area contributed by atoms with Gasteiger partial charge in [-0.05, 0) is 56.1 Å². The maximum Gasteiger partial charge on any atom is 0.133 e. The predicted molar refractivity (Wildman–Crippen MR) is 81.9 cm³/mol. The van der Waals surface area contributed by atoms with E-state index >= 15 is 0 Å². The van der Waals surface area contributed by atoms with E-state index in [1.54, 1.807) is 0 Å². The van der Waals surface area contributed by atoms with Gasteiger partial charge in [0.15, 0.2) is 0 Å². The third-order valence-corrected chi connectivity index (χ3v) is 5.26. The molecule has 1 aliphatic carbocycles. The Balaban J connectivity index is 1.36. The fourth-order valence-electron chi connectivity index (χ4n) is 4.08. The molecule has 1 aromatic rings. The lowest BCUT2D eigenvalue weighted by molar-refractivity contribution is 0.000907. The molecule has 21 heavy (non-hydrogen) atoms. The average Bonchev–Trinajstić information content (AvgIpc) is 3.14. The molecule has 0 saturated carbocycles. The molecule has 3 nitrogen and oxygen atoms in total. The van der Waals surface area contributed by atoms with E-state index in [1.807, 2.05) is 0 Å². The molecule has 2 fully saturated rings. The Morgan fingerprint density at radius 1 is 1.05 bits per heavy atom. The van der Waals surface area contributed by atoms with Crippen molar-refractivity contribution in [1.29, 1.82) is 0 Å². The first kappa shape index (κ1) is 13.6. The van der Waals surface area contributed by atoms with Crippen molar-refractivity contribution in [2.45, 2.75) is 44.8 Å². The van der Waals surface area contributed by atoms with Crippen LogP contribution in [0.3, 0.4) is 0 Å². The summed E-state index contributed by atoms with van der Waals surface area (Å²) in [5, 5.41) is 0. The molecule has 0 amide bonds. The van der Waals surface area contributed by atoms with E-state index in [9.17, 15) is 0 Å². The van der Waals surface area contributed by atoms with Gasteiger partial charge >= 0.3 is 0 Å². The van der Waals surface area contributed by atoms with Crippen molar-refractivity contribution < 1.29 is 9.15 Å². The predicted octanol–water partition coefficient (Wildman–Crippen LogP) is 3.92. The van der Waals surface area contributed by atoms with Crippen molar-refractivity contribution in [2.75, 3.05) is 19.7 Å². The first-order valence-electron chi connectivity index (χ1n) is 8.46. The molecule has 0 spiro atoms. The second-order valence-corrected chi connectivity index (χ2v) is 6.82. The molecule has 2 saturated heterocycles. The molecule has 0 N–H and O–H groups in total. The van der Waals surface area contributed by atoms with Crippen LogP contribution in [0.1, 0.15) is 49.7 Å². The summed E-state index contributed by atoms with van der Waals surface area (Å²) in [6, 6.07) is 4.27. The van der Waals surface area contributed by atoms with Crippen LogP contribution >= 0.6 is 0 Å². The normalized spacial score (nSPS) is 33.2. The number of furan rings is 1. The fraction of sp³-hybridized carbons (Fsp3) is 0.667. The van der Waals surface area contributed by atoms with E-state index in [-0.39, 0.29) is 6.10 Å². The summed E-state index contributed by atoms with van der Waals surface area (Å²) >= 11 is 0. The monoisotopic (exact) mass is 287 g/mol. The van der Waals surface area contributed by atoms with Gasteiger partial charge in [0.1, 0.15) is 17.6 Å². The summed E-state index contributed by atoms with van der Waals surface area (Å²) in [7, 11) is 0. The molecule has 0 aromatic carbocycles. The lowest BCUT2D eigenvalue weighted by Crippen LogP contribution is -2.20. The van der Waals surface area contributed by atoms with Gasteiger partial charge in [-0.2, -0.15) is 0 Å². The Bertz CT molecular complexity index is 485. The van der Waals surface area contributed by atoms with Gasteiger partial charge in [-0.1, -0.05) is 12.2 Å². The molecular formula is C18H25NO2. The van der Waals surface area contributed by atoms with E-state index in [1.165, 1.54) is 38.8 Å². The number of likely N-dealkylation sites (tertiary alicyclic amines) is 1. The number of ether oxygens (including phenoxy) is 1. The van der Waals surface area contributed by atoms with Gasteiger partial charge in [-0.15, -0.1) is 0 Å². The first-order valence-corrected chi connectivity index (χ1v) is 8.46. The lowest BCUT2D eigenvalue weighted by Gasteiger charge is -2.20. The van der Waals surface area contributed by atoms with Gasteiger partial charge in [0, 0.05) is 19.7 Å². The largest absolute Gasteiger partial charge is 0.462 e. The molecule has 114 valence electrons. The molecule has 4 rings (SSSR count). The topological polar surface area (TPSA) is 25.6 Å². The van der Waals surface area contributed by atoms with Gasteiger partial charge in [-0.25, -0.2) is 0 Å². The average molecular weight is 287 g/mol. The number of fused-ring (bicyclic) bond motifs is 1. The van der Waals surface area contributed by atoms with Crippen LogP contribution in [0, 0.1) is 11.8 Å². The highest BCUT2D eigenvalue weighted by molar-refractivity contribution is 5.11. The second-order valence-electron chi connectivity index (χ2n) is 6.82. The first-order chi connectivity index (χ1) is 10.4. The summed E-state index contributed by atoms with van der Waals surface area (Å²) in [5.74, 6) is 3.87. The molecule has 3 heteroatoms. The molecule has 3 heterocycles. The third kappa shape index (κ3) is 2.95. The lowest BCUT2D eigenvalue weighted by atomic mass is 9.86. The Hall–Kier alpha value is -1.06. The maximum atomic E-state index is 6.06. The van der Waals surface area contributed by atoms with E-state index in [2.05, 4.69) is 29.2 Å². The summed E-state index contributed by atoms with van der Waals surface area (Å²) in [6.45, 7) is 4.29. The van der Waals surface area contributed by atoms with Gasteiger partial charge in [0.25, 0.3) is 0 Å². The minimum absolute atomic E-state index is 0.192. The maximum absolute atomic E-state index is 6.06. The van der Waals surface area contributed by atoms with Crippen LogP contribution < -0.4 is 0 Å². The quantitative estimate of drug-likeness (QED) is 0.788. The zero-order valence-corrected chi connectivity index (χ0v) is 12.7. The van der Waals surface area contributed by atoms with Gasteiger partial charge in [0.2, 0.25) is 0 Å². The SMILES string of the molecule is C1=CC[C@H]2CN(Cc3ccc(C4CCCCO4)o3)C[C@H]2C1. The van der Waals surface area contributed by atoms with Crippen molar-refractivity contribution in [1.82, 2.24) is 4.90 Å². The summed E-state index contributed by atoms with van der Waals surface area (Å²) in [5.41, 5.74) is 0. The Labute approximate surface area is 127 Å². The van der Waals surface area contributed by atoms with Crippen LogP contribution in [0.15, 0.2) is 28.7 Å². The number of hydrogen-bond acceptors (Lipinski definition) is 3. The van der Waals surface area contributed by atoms with Crippen LogP contribution in [-0.2, 0) is 11.3 Å². The molecule has 0 bridgehead atoms. The third-order valence-electron chi connectivity index (χ3n) is 5.26. The number of nitrogens with zero attached hydrogens (tertiary/aromatic N) is 1. The summed E-state index contributed by atoms with van der Waals surface area (Å²) in [4.78, 5) is 2.56. The van der Waals surface area contributed by atoms with Crippen molar-refractivity contribution in [2.24, 2.45) is 11.8 Å². The standard InChI is InChI=1S/C18H25NO2/c1-2-6-15-12-19(11-14(15)5-1)13-16-8-9-18(21-16)17-7-3-4-10-20-17/h1-2,8-9,14-15,17H,3-7,10-13H2/t14-,15+,17?. The van der Waals surface area contributed by atoms with Crippen LogP contribution in [0.4, 0.5) is 0 Å². The minimum Gasteiger partial charge on any atom is -0.462 e. The van der Waals surface area contributed by atoms with E-state index in [0.717, 1.165) is 42.9 Å². The number of rotatable bonds is 3. The van der Waals surface area contributed by atoms with Crippen LogP contribution in [0.5, 0.6) is 0 Å². The minimum atomic E-state index is 0.192. The zero-order chi connectivity index (χ0) is 14.1. The second kappa shape index (κ2) is 5.98. The highest BCUT2D eigenvalue weighted by atomic mass is 16.5. The fourth-order valence-corrected chi connectivity index (χ4v) is 4.08. The van der Waals surface area contributed by atoms with Gasteiger partial charge in [-0.3, -0.25) is 4.90 Å². The number of allylic oxidation sites excluding steroid dienone is 2. The van der Waals surface area contributed by atoms with E-state index in [0.29, 0.717) is 0 Å². The highest BCUT2D eigenvalue weighted by Crippen LogP contribution is 2.34. The molecule has 1 unspecified atom stereocenters. The highest BCUT2D eigenvalue weighted by Gasteiger charge is 2.33. The summed E-state index contributed by atoms with van der Waals surface area (Å²) < 4.78 is 11.9. The molecule has 2 aliphatic heterocycles. The molecule has 0 radical (unpaired) electrons. The molecule has 3 aliphatic rings. The van der Waals surface area contributed by atoms with E-state index in [4.69, 9.17) is 9.15 Å². The van der Waals surface area contributed by atoms with Gasteiger partial charge in [0.05, 0.1) is 6.54 Å². The summed E-state index contributed by atoms with van der Waals surface area (Å²) in [6.07, 6.45) is 11.0. The Kier molecular flexibility index (Phi) is 3.87. The van der Waals surface area contributed by atoms with E-state index < -0.39 is 0 Å². The van der Waals surface area contributed by atoms with Gasteiger partial charge < -0.3 is 9.15 Å². The molecular weight excluding hydrogens is 262 g/mol. The van der Waals surface area contributed by atoms with Crippen LogP contribution in [0.2, 0.25) is 0 Å². The van der Waals surface area contributed by atoms with Crippen LogP contribution in [0.25, 0.3) is 0 Å². The molecule has 1 aromatic heterocycles. The zero-order valence-electron chi connectivity index (χ0n) is 12.7. The molecule has 3 atom stereocenters. The van der Waals surface area contributed by atoms with Crippen molar-refractivity contribution in [3.8, 4) is 0 Å². The van der Waals surface area contributed by atoms with Crippen molar-refractivity contribution in [3.63, 3.8) is 0 Å². The Morgan fingerprint density at radius 3 is 2.57 bits per heavy atom. The van der Waals surface area contributed by atoms with Crippen LogP contribution in [-0.4, -0.2) is 24.6 Å². The Morgan fingerprint density at radius 2 is 1.86 bits per heavy atom. The van der Waals surface area contributed by atoms with Crippen molar-refractivity contribution >= 4 is 0 Å². The van der Waals surface area contributed by atoms with Crippen molar-refractivity contribution in [3.05, 3.63) is 35.8 Å². The smallest absolute Gasteiger partial charge is 0.133 e.